The van der Waals surface area contributed by atoms with Crippen molar-refractivity contribution in [2.24, 2.45) is 5.92 Å². The van der Waals surface area contributed by atoms with Gasteiger partial charge in [0.05, 0.1) is 10.9 Å². The molecule has 8 heteroatoms. The van der Waals surface area contributed by atoms with E-state index >= 15 is 4.39 Å². The molecule has 0 spiro atoms. The van der Waals surface area contributed by atoms with E-state index in [4.69, 9.17) is 11.6 Å². The maximum Gasteiger partial charge on any atom is 0.314 e. The summed E-state index contributed by atoms with van der Waals surface area (Å²) in [5.74, 6) is -5.79. The van der Waals surface area contributed by atoms with Gasteiger partial charge in [-0.15, -0.1) is 0 Å². The fraction of sp³-hybridized carbons (Fsp3) is 0.333. The van der Waals surface area contributed by atoms with Gasteiger partial charge < -0.3 is 10.2 Å². The number of hydrogen-bond donors (Lipinski definition) is 2. The third kappa shape index (κ3) is 3.18. The molecule has 1 heterocycles. The highest BCUT2D eigenvalue weighted by Gasteiger charge is 2.48. The summed E-state index contributed by atoms with van der Waals surface area (Å²) in [6.45, 7) is 3.03. The number of halogens is 3. The number of hydrogen-bond acceptors (Lipinski definition) is 3. The molecule has 1 atom stereocenters. The number of carboxylic acid groups (broad SMARTS) is 1. The predicted octanol–water partition coefficient (Wildman–Crippen LogP) is 5.81. The van der Waals surface area contributed by atoms with Crippen LogP contribution in [-0.4, -0.2) is 26.7 Å². The number of carboxylic acids is 1. The number of carbonyl (C=O) groups excluding carboxylic acids is 1. The van der Waals surface area contributed by atoms with Crippen LogP contribution in [0.5, 0.6) is 5.75 Å². The Kier molecular flexibility index (Phi) is 5.49. The van der Waals surface area contributed by atoms with E-state index in [1.165, 1.54) is 26.0 Å². The van der Waals surface area contributed by atoms with E-state index < -0.39 is 34.7 Å². The largest absolute Gasteiger partial charge is 0.503 e. The molecule has 0 radical (unpaired) electrons. The minimum absolute atomic E-state index is 0.0788. The number of aromatic hydroxyl groups is 1. The molecular weight excluding hydrogens is 440 g/mol. The van der Waals surface area contributed by atoms with Crippen LogP contribution in [0.4, 0.5) is 8.78 Å². The zero-order chi connectivity index (χ0) is 23.4. The van der Waals surface area contributed by atoms with Crippen LogP contribution in [-0.2, 0) is 10.2 Å². The van der Waals surface area contributed by atoms with Crippen LogP contribution in [0.15, 0.2) is 30.3 Å². The molecular formula is C24H22ClF2NO4. The maximum absolute atomic E-state index is 15.3. The summed E-state index contributed by atoms with van der Waals surface area (Å²) in [6.07, 6.45) is 2.95. The summed E-state index contributed by atoms with van der Waals surface area (Å²) >= 11 is 6.02. The van der Waals surface area contributed by atoms with E-state index in [0.717, 1.165) is 23.5 Å². The SMILES string of the molecule is Cc1c([C@](C)(C(=O)O)C2CCCC2)c2c(F)c(O)c(F)cc2n1C(=O)c1cccc(Cl)c1. The summed E-state index contributed by atoms with van der Waals surface area (Å²) in [5.41, 5.74) is -1.23. The number of phenolic OH excluding ortho intramolecular Hbond substituents is 1. The first-order chi connectivity index (χ1) is 15.1. The number of carbonyl (C=O) groups is 2. The smallest absolute Gasteiger partial charge is 0.314 e. The van der Waals surface area contributed by atoms with Crippen molar-refractivity contribution in [2.45, 2.75) is 44.9 Å². The van der Waals surface area contributed by atoms with Crippen molar-refractivity contribution in [2.75, 3.05) is 0 Å². The first-order valence-electron chi connectivity index (χ1n) is 10.3. The van der Waals surface area contributed by atoms with E-state index in [-0.39, 0.29) is 33.6 Å². The lowest BCUT2D eigenvalue weighted by molar-refractivity contribution is -0.145. The van der Waals surface area contributed by atoms with Gasteiger partial charge in [0.2, 0.25) is 0 Å². The van der Waals surface area contributed by atoms with Crippen LogP contribution in [0.2, 0.25) is 5.02 Å². The fourth-order valence-corrected chi connectivity index (χ4v) is 5.31. The highest BCUT2D eigenvalue weighted by atomic mass is 35.5. The zero-order valence-electron chi connectivity index (χ0n) is 17.6. The second-order valence-electron chi connectivity index (χ2n) is 8.52. The molecule has 1 saturated carbocycles. The average molecular weight is 462 g/mol. The number of fused-ring (bicyclic) bond motifs is 1. The van der Waals surface area contributed by atoms with Gasteiger partial charge in [-0.1, -0.05) is 30.5 Å². The Bertz CT molecular complexity index is 1260. The normalized spacial score (nSPS) is 16.4. The molecule has 0 bridgehead atoms. The lowest BCUT2D eigenvalue weighted by Gasteiger charge is -2.32. The zero-order valence-corrected chi connectivity index (χ0v) is 18.3. The summed E-state index contributed by atoms with van der Waals surface area (Å²) in [6, 6.07) is 6.96. The molecule has 4 rings (SSSR count). The van der Waals surface area contributed by atoms with Gasteiger partial charge in [0.15, 0.2) is 17.4 Å². The summed E-state index contributed by atoms with van der Waals surface area (Å²) in [5, 5.41) is 20.3. The van der Waals surface area contributed by atoms with Crippen LogP contribution < -0.4 is 0 Å². The highest BCUT2D eigenvalue weighted by molar-refractivity contribution is 6.31. The quantitative estimate of drug-likeness (QED) is 0.514. The lowest BCUT2D eigenvalue weighted by atomic mass is 9.69. The number of benzene rings is 2. The highest BCUT2D eigenvalue weighted by Crippen LogP contribution is 2.48. The fourth-order valence-electron chi connectivity index (χ4n) is 5.12. The first-order valence-corrected chi connectivity index (χ1v) is 10.7. The molecule has 32 heavy (non-hydrogen) atoms. The molecule has 0 amide bonds. The van der Waals surface area contributed by atoms with Crippen LogP contribution in [0.25, 0.3) is 10.9 Å². The molecule has 1 aliphatic carbocycles. The number of nitrogens with zero attached hydrogens (tertiary/aromatic N) is 1. The van der Waals surface area contributed by atoms with Crippen LogP contribution in [0.1, 0.15) is 54.2 Å². The number of aromatic nitrogens is 1. The van der Waals surface area contributed by atoms with E-state index in [0.29, 0.717) is 17.9 Å². The Labute approximate surface area is 188 Å². The maximum atomic E-state index is 15.3. The van der Waals surface area contributed by atoms with Crippen molar-refractivity contribution >= 4 is 34.4 Å². The standard InChI is InChI=1S/C24H22ClF2NO4/c1-12-19(24(2,23(31)32)14-7-3-4-8-14)18-17(11-16(26)21(29)20(18)27)28(12)22(30)13-6-5-9-15(25)10-13/h5-6,9-11,14,29H,3-4,7-8H2,1-2H3,(H,31,32)/t24-/m1/s1. The minimum atomic E-state index is -1.54. The van der Waals surface area contributed by atoms with E-state index in [9.17, 15) is 24.2 Å². The van der Waals surface area contributed by atoms with Gasteiger partial charge in [-0.2, -0.15) is 0 Å². The van der Waals surface area contributed by atoms with Gasteiger partial charge in [0.1, 0.15) is 0 Å². The van der Waals surface area contributed by atoms with Gasteiger partial charge in [-0.05, 0) is 50.8 Å². The Morgan fingerprint density at radius 3 is 2.44 bits per heavy atom. The molecule has 2 N–H and O–H groups in total. The molecule has 1 fully saturated rings. The number of rotatable bonds is 4. The van der Waals surface area contributed by atoms with Crippen LogP contribution >= 0.6 is 11.6 Å². The Morgan fingerprint density at radius 2 is 1.84 bits per heavy atom. The molecule has 1 aromatic heterocycles. The summed E-state index contributed by atoms with van der Waals surface area (Å²) < 4.78 is 30.8. The van der Waals surface area contributed by atoms with Crippen molar-refractivity contribution in [3.8, 4) is 5.75 Å². The monoisotopic (exact) mass is 461 g/mol. The number of aliphatic carboxylic acids is 1. The van der Waals surface area contributed by atoms with E-state index in [1.807, 2.05) is 0 Å². The van der Waals surface area contributed by atoms with Crippen LogP contribution in [0.3, 0.4) is 0 Å². The molecule has 3 aromatic rings. The molecule has 1 aliphatic rings. The van der Waals surface area contributed by atoms with Crippen molar-refractivity contribution in [1.29, 1.82) is 0 Å². The van der Waals surface area contributed by atoms with Gasteiger partial charge in [0.25, 0.3) is 5.91 Å². The van der Waals surface area contributed by atoms with Crippen molar-refractivity contribution in [3.63, 3.8) is 0 Å². The predicted molar refractivity (Wildman–Crippen MR) is 116 cm³/mol. The Hall–Kier alpha value is -2.93. The average Bonchev–Trinajstić information content (AvgIpc) is 3.38. The van der Waals surface area contributed by atoms with Gasteiger partial charge in [-0.3, -0.25) is 14.2 Å². The second-order valence-corrected chi connectivity index (χ2v) is 8.95. The van der Waals surface area contributed by atoms with Crippen LogP contribution in [0, 0.1) is 24.5 Å². The number of phenols is 1. The molecule has 0 aliphatic heterocycles. The van der Waals surface area contributed by atoms with Gasteiger partial charge in [0, 0.05) is 33.3 Å². The van der Waals surface area contributed by atoms with Crippen molar-refractivity contribution < 1.29 is 28.6 Å². The molecule has 5 nitrogen and oxygen atoms in total. The first kappa shape index (κ1) is 22.3. The third-order valence-corrected chi connectivity index (χ3v) is 7.01. The molecule has 168 valence electrons. The summed E-state index contributed by atoms with van der Waals surface area (Å²) in [4.78, 5) is 26.0. The third-order valence-electron chi connectivity index (χ3n) is 6.77. The minimum Gasteiger partial charge on any atom is -0.503 e. The van der Waals surface area contributed by atoms with Gasteiger partial charge in [-0.25, -0.2) is 8.78 Å². The topological polar surface area (TPSA) is 79.5 Å². The van der Waals surface area contributed by atoms with Gasteiger partial charge >= 0.3 is 5.97 Å². The molecule has 0 saturated heterocycles. The lowest BCUT2D eigenvalue weighted by Crippen LogP contribution is -2.40. The van der Waals surface area contributed by atoms with Crippen molar-refractivity contribution in [3.05, 3.63) is 63.8 Å². The molecule has 2 aromatic carbocycles. The Balaban J connectivity index is 2.10. The molecule has 0 unspecified atom stereocenters. The Morgan fingerprint density at radius 1 is 1.19 bits per heavy atom. The van der Waals surface area contributed by atoms with Crippen molar-refractivity contribution in [1.82, 2.24) is 4.57 Å². The van der Waals surface area contributed by atoms with E-state index in [1.54, 1.807) is 12.1 Å². The second kappa shape index (κ2) is 7.89. The van der Waals surface area contributed by atoms with E-state index in [2.05, 4.69) is 0 Å². The summed E-state index contributed by atoms with van der Waals surface area (Å²) in [7, 11) is 0.